The van der Waals surface area contributed by atoms with E-state index < -0.39 is 18.0 Å². The molecule has 1 atom stereocenters. The number of rotatable bonds is 8. The van der Waals surface area contributed by atoms with Gasteiger partial charge in [0.05, 0.1) is 0 Å². The zero-order chi connectivity index (χ0) is 13.7. The summed E-state index contributed by atoms with van der Waals surface area (Å²) in [6, 6.07) is -1.06. The highest BCUT2D eigenvalue weighted by Crippen LogP contribution is 1.93. The topological polar surface area (TPSA) is 153 Å². The zero-order valence-electron chi connectivity index (χ0n) is 9.97. The maximum atomic E-state index is 9.99. The fourth-order valence-electron chi connectivity index (χ4n) is 0.868. The Kier molecular flexibility index (Phi) is 13.8. The summed E-state index contributed by atoms with van der Waals surface area (Å²) in [5.41, 5.74) is 15.5. The van der Waals surface area contributed by atoms with Gasteiger partial charge in [-0.15, -0.1) is 0 Å². The van der Waals surface area contributed by atoms with Crippen LogP contribution in [0.2, 0.25) is 0 Å². The Balaban J connectivity index is 0. The molecule has 0 aromatic carbocycles. The third-order valence-electron chi connectivity index (χ3n) is 1.89. The molecule has 0 radical (unpaired) electrons. The van der Waals surface area contributed by atoms with Gasteiger partial charge in [-0.3, -0.25) is 9.59 Å². The van der Waals surface area contributed by atoms with Gasteiger partial charge in [0.2, 0.25) is 0 Å². The van der Waals surface area contributed by atoms with Crippen molar-refractivity contribution in [2.75, 3.05) is 13.1 Å². The number of nitrogens with two attached hydrogens (primary N) is 3. The van der Waals surface area contributed by atoms with Crippen LogP contribution in [0, 0.1) is 0 Å². The van der Waals surface area contributed by atoms with Gasteiger partial charge in [0.25, 0.3) is 0 Å². The number of unbranched alkanes of at least 4 members (excludes halogenated alkanes) is 2. The maximum Gasteiger partial charge on any atom is 0.320 e. The van der Waals surface area contributed by atoms with Crippen LogP contribution in [0.4, 0.5) is 0 Å². The molecule has 7 nitrogen and oxygen atoms in total. The molecule has 102 valence electrons. The molecule has 0 aliphatic heterocycles. The molecule has 8 N–H and O–H groups in total. The van der Waals surface area contributed by atoms with Gasteiger partial charge in [-0.2, -0.15) is 0 Å². The average molecular weight is 249 g/mol. The summed E-state index contributed by atoms with van der Waals surface area (Å²) in [6.45, 7) is 1.61. The molecule has 0 amide bonds. The van der Waals surface area contributed by atoms with Crippen molar-refractivity contribution in [3.05, 3.63) is 0 Å². The Hall–Kier alpha value is -1.18. The van der Waals surface area contributed by atoms with Gasteiger partial charge in [-0.1, -0.05) is 6.42 Å². The van der Waals surface area contributed by atoms with Crippen LogP contribution in [0.3, 0.4) is 0 Å². The van der Waals surface area contributed by atoms with E-state index in [1.54, 1.807) is 0 Å². The summed E-state index contributed by atoms with van der Waals surface area (Å²) in [5.74, 6) is -2.20. The summed E-state index contributed by atoms with van der Waals surface area (Å²) in [6.07, 6.45) is 3.21. The van der Waals surface area contributed by atoms with Gasteiger partial charge in [0, 0.05) is 6.42 Å². The minimum absolute atomic E-state index is 0.0231. The third-order valence-corrected chi connectivity index (χ3v) is 1.89. The van der Waals surface area contributed by atoms with E-state index in [-0.39, 0.29) is 12.8 Å². The molecule has 0 aromatic heterocycles. The van der Waals surface area contributed by atoms with E-state index in [9.17, 15) is 9.59 Å². The molecule has 0 spiro atoms. The molecule has 0 saturated carbocycles. The van der Waals surface area contributed by atoms with Gasteiger partial charge in [-0.05, 0) is 32.4 Å². The van der Waals surface area contributed by atoms with Gasteiger partial charge < -0.3 is 27.4 Å². The highest BCUT2D eigenvalue weighted by Gasteiger charge is 2.12. The lowest BCUT2D eigenvalue weighted by Gasteiger charge is -2.01. The molecule has 0 fully saturated rings. The van der Waals surface area contributed by atoms with Crippen molar-refractivity contribution in [2.24, 2.45) is 17.2 Å². The summed E-state index contributed by atoms with van der Waals surface area (Å²) >= 11 is 0. The Bertz CT molecular complexity index is 208. The van der Waals surface area contributed by atoms with E-state index in [4.69, 9.17) is 27.4 Å². The predicted octanol–water partition coefficient (Wildman–Crippen LogP) is -0.663. The average Bonchev–Trinajstić information content (AvgIpc) is 2.27. The van der Waals surface area contributed by atoms with E-state index in [1.165, 1.54) is 6.42 Å². The van der Waals surface area contributed by atoms with Crippen LogP contribution in [0.15, 0.2) is 0 Å². The fourth-order valence-corrected chi connectivity index (χ4v) is 0.868. The summed E-state index contributed by atoms with van der Waals surface area (Å²) < 4.78 is 0. The molecule has 0 bridgehead atoms. The molecule has 0 aliphatic carbocycles. The van der Waals surface area contributed by atoms with Crippen LogP contribution in [0.1, 0.15) is 32.1 Å². The molecular weight excluding hydrogens is 226 g/mol. The van der Waals surface area contributed by atoms with E-state index in [2.05, 4.69) is 0 Å². The Labute approximate surface area is 101 Å². The first-order valence-electron chi connectivity index (χ1n) is 5.56. The van der Waals surface area contributed by atoms with Gasteiger partial charge in [-0.25, -0.2) is 0 Å². The van der Waals surface area contributed by atoms with Crippen LogP contribution >= 0.6 is 0 Å². The monoisotopic (exact) mass is 249 g/mol. The highest BCUT2D eigenvalue weighted by molar-refractivity contribution is 5.74. The second kappa shape index (κ2) is 12.9. The lowest BCUT2D eigenvalue weighted by molar-refractivity contribution is -0.139. The number of carbonyl (C=O) groups is 2. The van der Waals surface area contributed by atoms with E-state index >= 15 is 0 Å². The highest BCUT2D eigenvalue weighted by atomic mass is 16.4. The van der Waals surface area contributed by atoms with Crippen LogP contribution in [-0.4, -0.2) is 41.3 Å². The first kappa shape index (κ1) is 18.2. The normalized spacial score (nSPS) is 11.2. The van der Waals surface area contributed by atoms with Crippen LogP contribution in [0.25, 0.3) is 0 Å². The maximum absolute atomic E-state index is 9.99. The number of hydrogen-bond acceptors (Lipinski definition) is 5. The lowest BCUT2D eigenvalue weighted by atomic mass is 10.2. The van der Waals surface area contributed by atoms with Crippen molar-refractivity contribution in [3.8, 4) is 0 Å². The third kappa shape index (κ3) is 17.4. The summed E-state index contributed by atoms with van der Waals surface area (Å²) in [4.78, 5) is 19.9. The molecule has 0 heterocycles. The summed E-state index contributed by atoms with van der Waals surface area (Å²) in [5, 5.41) is 16.3. The van der Waals surface area contributed by atoms with Crippen molar-refractivity contribution in [3.63, 3.8) is 0 Å². The fraction of sp³-hybridized carbons (Fsp3) is 0.800. The van der Waals surface area contributed by atoms with Crippen LogP contribution < -0.4 is 17.2 Å². The molecule has 0 saturated heterocycles. The number of aliphatic carboxylic acids is 2. The van der Waals surface area contributed by atoms with Crippen molar-refractivity contribution in [1.29, 1.82) is 0 Å². The summed E-state index contributed by atoms with van der Waals surface area (Å²) in [7, 11) is 0. The van der Waals surface area contributed by atoms with E-state index in [0.717, 1.165) is 25.9 Å². The Morgan fingerprint density at radius 1 is 1.00 bits per heavy atom. The standard InChI is InChI=1S/C5H14N2.C5H9NO4/c6-4-2-1-3-5-7;6-3(5(9)10)1-2-4(7)8/h1-7H2;3H,1-2,6H2,(H,7,8)(H,9,10). The minimum Gasteiger partial charge on any atom is -0.481 e. The number of hydrogen-bond donors (Lipinski definition) is 5. The predicted molar refractivity (Wildman–Crippen MR) is 64.4 cm³/mol. The van der Waals surface area contributed by atoms with Gasteiger partial charge in [0.15, 0.2) is 0 Å². The second-order valence-corrected chi connectivity index (χ2v) is 3.52. The van der Waals surface area contributed by atoms with Crippen LogP contribution in [0.5, 0.6) is 0 Å². The zero-order valence-corrected chi connectivity index (χ0v) is 9.97. The quantitative estimate of drug-likeness (QED) is 0.358. The largest absolute Gasteiger partial charge is 0.481 e. The van der Waals surface area contributed by atoms with Crippen LogP contribution in [-0.2, 0) is 9.59 Å². The van der Waals surface area contributed by atoms with Gasteiger partial charge >= 0.3 is 11.9 Å². The molecule has 17 heavy (non-hydrogen) atoms. The molecule has 0 rings (SSSR count). The smallest absolute Gasteiger partial charge is 0.320 e. The van der Waals surface area contributed by atoms with Crippen molar-refractivity contribution >= 4 is 11.9 Å². The first-order chi connectivity index (χ1) is 7.95. The minimum atomic E-state index is -1.17. The van der Waals surface area contributed by atoms with E-state index in [1.807, 2.05) is 0 Å². The second-order valence-electron chi connectivity index (χ2n) is 3.52. The molecule has 0 aromatic rings. The Morgan fingerprint density at radius 3 is 1.76 bits per heavy atom. The Morgan fingerprint density at radius 2 is 1.47 bits per heavy atom. The molecule has 7 heteroatoms. The van der Waals surface area contributed by atoms with Gasteiger partial charge in [0.1, 0.15) is 6.04 Å². The van der Waals surface area contributed by atoms with E-state index in [0.29, 0.717) is 0 Å². The number of carboxylic acid groups (broad SMARTS) is 2. The number of carboxylic acids is 2. The molecule has 0 aliphatic rings. The van der Waals surface area contributed by atoms with Crippen molar-refractivity contribution < 1.29 is 19.8 Å². The van der Waals surface area contributed by atoms with Crippen molar-refractivity contribution in [2.45, 2.75) is 38.1 Å². The lowest BCUT2D eigenvalue weighted by Crippen LogP contribution is -2.30. The SMILES string of the molecule is NC(CCC(=O)O)C(=O)O.NCCCCCN. The molecule has 1 unspecified atom stereocenters. The van der Waals surface area contributed by atoms with Crippen molar-refractivity contribution in [1.82, 2.24) is 0 Å². The molecular formula is C10H23N3O4. The first-order valence-corrected chi connectivity index (χ1v) is 5.56.